The molecule has 0 aliphatic carbocycles. The lowest BCUT2D eigenvalue weighted by molar-refractivity contribution is -0.138. The summed E-state index contributed by atoms with van der Waals surface area (Å²) in [7, 11) is 0. The van der Waals surface area contributed by atoms with Crippen molar-refractivity contribution in [3.63, 3.8) is 0 Å². The summed E-state index contributed by atoms with van der Waals surface area (Å²) in [6.07, 6.45) is 0. The summed E-state index contributed by atoms with van der Waals surface area (Å²) in [5, 5.41) is 16.8. The van der Waals surface area contributed by atoms with Crippen molar-refractivity contribution >= 4 is 40.2 Å². The van der Waals surface area contributed by atoms with Gasteiger partial charge >= 0.3 is 0 Å². The second kappa shape index (κ2) is 9.86. The molecule has 3 aromatic rings. The zero-order chi connectivity index (χ0) is 24.3. The Balaban J connectivity index is 1.74. The zero-order valence-corrected chi connectivity index (χ0v) is 18.8. The van der Waals surface area contributed by atoms with Gasteiger partial charge in [-0.2, -0.15) is 5.10 Å². The van der Waals surface area contributed by atoms with E-state index < -0.39 is 23.5 Å². The number of benzene rings is 2. The third-order valence-electron chi connectivity index (χ3n) is 5.02. The number of nitrogens with one attached hydrogen (secondary N) is 1. The van der Waals surface area contributed by atoms with Gasteiger partial charge in [0.05, 0.1) is 17.1 Å². The first kappa shape index (κ1) is 24.0. The number of fused-ring (bicyclic) bond motifs is 1. The van der Waals surface area contributed by atoms with Crippen LogP contribution >= 0.6 is 11.6 Å². The number of carbonyl (C=O) groups excluding carboxylic acids is 3. The Morgan fingerprint density at radius 1 is 1.27 bits per heavy atom. The standard InChI is InChI=1S/C22H23ClFN5O4/c1-12(2)28(10-18(31)26-9-13-4-3-5-16(23)20(13)24)19(32)11-29-17-8-14(30)6-7-15(17)21(27-29)22(25)33/h3-8,12,30H,9-11H2,1-2H3,(H2,25,33)(H,26,31). The first-order valence-corrected chi connectivity index (χ1v) is 10.4. The number of amides is 3. The number of hydrogen-bond acceptors (Lipinski definition) is 5. The number of halogens is 2. The van der Waals surface area contributed by atoms with Crippen LogP contribution < -0.4 is 11.1 Å². The van der Waals surface area contributed by atoms with Crippen LogP contribution in [0.3, 0.4) is 0 Å². The molecule has 0 bridgehead atoms. The maximum atomic E-state index is 14.0. The number of hydrogen-bond donors (Lipinski definition) is 3. The van der Waals surface area contributed by atoms with E-state index in [1.54, 1.807) is 19.9 Å². The average Bonchev–Trinajstić information content (AvgIpc) is 3.10. The van der Waals surface area contributed by atoms with Crippen LogP contribution in [-0.4, -0.2) is 50.1 Å². The number of aromatic hydroxyl groups is 1. The molecular formula is C22H23ClFN5O4. The van der Waals surface area contributed by atoms with Gasteiger partial charge in [-0.25, -0.2) is 4.39 Å². The topological polar surface area (TPSA) is 131 Å². The molecule has 0 spiro atoms. The van der Waals surface area contributed by atoms with Crippen LogP contribution in [0.2, 0.25) is 5.02 Å². The number of phenols is 1. The Kier molecular flexibility index (Phi) is 7.17. The van der Waals surface area contributed by atoms with Crippen LogP contribution in [0.15, 0.2) is 36.4 Å². The predicted molar refractivity (Wildman–Crippen MR) is 120 cm³/mol. The molecule has 0 saturated heterocycles. The van der Waals surface area contributed by atoms with Gasteiger partial charge < -0.3 is 21.1 Å². The number of primary amides is 1. The van der Waals surface area contributed by atoms with Gasteiger partial charge in [0.25, 0.3) is 5.91 Å². The van der Waals surface area contributed by atoms with Crippen LogP contribution in [0.5, 0.6) is 5.75 Å². The maximum absolute atomic E-state index is 14.0. The van der Waals surface area contributed by atoms with E-state index in [1.165, 1.54) is 39.9 Å². The maximum Gasteiger partial charge on any atom is 0.269 e. The monoisotopic (exact) mass is 475 g/mol. The van der Waals surface area contributed by atoms with E-state index in [1.807, 2.05) is 0 Å². The molecule has 11 heteroatoms. The summed E-state index contributed by atoms with van der Waals surface area (Å²) in [5.74, 6) is -2.39. The van der Waals surface area contributed by atoms with Crippen LogP contribution in [-0.2, 0) is 22.7 Å². The van der Waals surface area contributed by atoms with Crippen LogP contribution in [0.25, 0.3) is 10.9 Å². The molecule has 4 N–H and O–H groups in total. The highest BCUT2D eigenvalue weighted by molar-refractivity contribution is 6.30. The molecule has 1 heterocycles. The van der Waals surface area contributed by atoms with Gasteiger partial charge in [-0.3, -0.25) is 19.1 Å². The van der Waals surface area contributed by atoms with Crippen LogP contribution in [0.4, 0.5) is 4.39 Å². The van der Waals surface area contributed by atoms with Gasteiger partial charge in [-0.05, 0) is 32.0 Å². The molecule has 0 atom stereocenters. The summed E-state index contributed by atoms with van der Waals surface area (Å²) in [5.41, 5.74) is 5.92. The molecule has 0 radical (unpaired) electrons. The Morgan fingerprint density at radius 3 is 2.67 bits per heavy atom. The largest absolute Gasteiger partial charge is 0.508 e. The smallest absolute Gasteiger partial charge is 0.269 e. The second-order valence-electron chi connectivity index (χ2n) is 7.68. The van der Waals surface area contributed by atoms with Crippen molar-refractivity contribution < 1.29 is 23.9 Å². The fourth-order valence-electron chi connectivity index (χ4n) is 3.33. The van der Waals surface area contributed by atoms with Gasteiger partial charge in [-0.15, -0.1) is 0 Å². The Labute approximate surface area is 193 Å². The van der Waals surface area contributed by atoms with Crippen LogP contribution in [0, 0.1) is 5.82 Å². The average molecular weight is 476 g/mol. The zero-order valence-electron chi connectivity index (χ0n) is 18.0. The van der Waals surface area contributed by atoms with Crippen molar-refractivity contribution in [1.82, 2.24) is 20.0 Å². The lowest BCUT2D eigenvalue weighted by Crippen LogP contribution is -2.45. The Hall–Kier alpha value is -3.66. The normalized spacial score (nSPS) is 11.1. The molecule has 2 aromatic carbocycles. The van der Waals surface area contributed by atoms with E-state index >= 15 is 0 Å². The van der Waals surface area contributed by atoms with Gasteiger partial charge in [0, 0.05) is 29.6 Å². The molecular weight excluding hydrogens is 453 g/mol. The summed E-state index contributed by atoms with van der Waals surface area (Å²) in [4.78, 5) is 38.5. The molecule has 0 unspecified atom stereocenters. The Morgan fingerprint density at radius 2 is 2.00 bits per heavy atom. The van der Waals surface area contributed by atoms with Crippen LogP contribution in [0.1, 0.15) is 29.9 Å². The second-order valence-corrected chi connectivity index (χ2v) is 8.08. The number of nitrogens with zero attached hydrogens (tertiary/aromatic N) is 3. The summed E-state index contributed by atoms with van der Waals surface area (Å²) >= 11 is 5.75. The number of nitrogens with two attached hydrogens (primary N) is 1. The van der Waals surface area contributed by atoms with E-state index in [0.717, 1.165) is 0 Å². The van der Waals surface area contributed by atoms with Crippen molar-refractivity contribution in [1.29, 1.82) is 0 Å². The summed E-state index contributed by atoms with van der Waals surface area (Å²) in [6, 6.07) is 8.39. The van der Waals surface area contributed by atoms with Crippen molar-refractivity contribution in [2.45, 2.75) is 33.0 Å². The minimum absolute atomic E-state index is 0.0322. The number of aromatic nitrogens is 2. The van der Waals surface area contributed by atoms with Gasteiger partial charge in [-0.1, -0.05) is 23.7 Å². The molecule has 0 aliphatic heterocycles. The number of carbonyl (C=O) groups is 3. The molecule has 33 heavy (non-hydrogen) atoms. The van der Waals surface area contributed by atoms with Crippen molar-refractivity contribution in [2.24, 2.45) is 5.73 Å². The van der Waals surface area contributed by atoms with Gasteiger partial charge in [0.15, 0.2) is 5.69 Å². The molecule has 3 rings (SSSR count). The highest BCUT2D eigenvalue weighted by Gasteiger charge is 2.23. The third kappa shape index (κ3) is 5.40. The minimum Gasteiger partial charge on any atom is -0.508 e. The third-order valence-corrected chi connectivity index (χ3v) is 5.31. The Bertz CT molecular complexity index is 1230. The first-order chi connectivity index (χ1) is 15.6. The van der Waals surface area contributed by atoms with Crippen molar-refractivity contribution in [3.8, 4) is 5.75 Å². The lowest BCUT2D eigenvalue weighted by atomic mass is 10.2. The quantitative estimate of drug-likeness (QED) is 0.459. The molecule has 3 amide bonds. The predicted octanol–water partition coefficient (Wildman–Crippen LogP) is 2.19. The van der Waals surface area contributed by atoms with E-state index in [2.05, 4.69) is 10.4 Å². The molecule has 0 saturated carbocycles. The van der Waals surface area contributed by atoms with Gasteiger partial charge in [0.2, 0.25) is 11.8 Å². The van der Waals surface area contributed by atoms with E-state index in [4.69, 9.17) is 17.3 Å². The highest BCUT2D eigenvalue weighted by Crippen LogP contribution is 2.23. The first-order valence-electron chi connectivity index (χ1n) is 10.1. The van der Waals surface area contributed by atoms with E-state index in [0.29, 0.717) is 10.9 Å². The summed E-state index contributed by atoms with van der Waals surface area (Å²) < 4.78 is 15.3. The number of rotatable bonds is 8. The van der Waals surface area contributed by atoms with E-state index in [9.17, 15) is 23.9 Å². The van der Waals surface area contributed by atoms with Crippen molar-refractivity contribution in [3.05, 3.63) is 58.5 Å². The fourth-order valence-corrected chi connectivity index (χ4v) is 3.53. The molecule has 0 aliphatic rings. The molecule has 0 fully saturated rings. The van der Waals surface area contributed by atoms with E-state index in [-0.39, 0.29) is 47.7 Å². The highest BCUT2D eigenvalue weighted by atomic mass is 35.5. The molecule has 174 valence electrons. The SMILES string of the molecule is CC(C)N(CC(=O)NCc1cccc(Cl)c1F)C(=O)Cn1nc(C(N)=O)c2ccc(O)cc21. The van der Waals surface area contributed by atoms with Crippen molar-refractivity contribution in [2.75, 3.05) is 6.54 Å². The molecule has 9 nitrogen and oxygen atoms in total. The van der Waals surface area contributed by atoms with Gasteiger partial charge in [0.1, 0.15) is 18.1 Å². The lowest BCUT2D eigenvalue weighted by Gasteiger charge is -2.26. The number of phenolic OH excluding ortho intramolecular Hbond substituents is 1. The minimum atomic E-state index is -0.773. The fraction of sp³-hybridized carbons (Fsp3) is 0.273. The summed E-state index contributed by atoms with van der Waals surface area (Å²) in [6.45, 7) is 2.83. The molecule has 1 aromatic heterocycles.